The summed E-state index contributed by atoms with van der Waals surface area (Å²) < 4.78 is 54.8. The first-order chi connectivity index (χ1) is 31.3. The van der Waals surface area contributed by atoms with E-state index in [1.165, 1.54) is 17.0 Å². The van der Waals surface area contributed by atoms with E-state index in [0.717, 1.165) is 17.0 Å². The Bertz CT molecular complexity index is 2460. The number of rotatable bonds is 22. The first-order valence-corrected chi connectivity index (χ1v) is 20.8. The molecule has 3 aromatic carbocycles. The van der Waals surface area contributed by atoms with Gasteiger partial charge in [0.15, 0.2) is 0 Å². The van der Waals surface area contributed by atoms with Crippen molar-refractivity contribution >= 4 is 57.9 Å². The summed E-state index contributed by atoms with van der Waals surface area (Å²) in [5.74, 6) is -5.83. The van der Waals surface area contributed by atoms with E-state index in [9.17, 15) is 47.4 Å². The van der Waals surface area contributed by atoms with E-state index >= 15 is 0 Å². The van der Waals surface area contributed by atoms with Gasteiger partial charge in [0.2, 0.25) is 17.4 Å². The number of ether oxygens (including phenoxy) is 5. The first kappa shape index (κ1) is 46.3. The van der Waals surface area contributed by atoms with Gasteiger partial charge in [0.1, 0.15) is 35.7 Å². The Labute approximate surface area is 369 Å². The van der Waals surface area contributed by atoms with E-state index in [0.29, 0.717) is 68.0 Å². The van der Waals surface area contributed by atoms with Gasteiger partial charge >= 0.3 is 0 Å². The molecule has 3 aliphatic heterocycles. The van der Waals surface area contributed by atoms with E-state index < -0.39 is 58.7 Å². The average molecular weight is 905 g/mol. The summed E-state index contributed by atoms with van der Waals surface area (Å²) in [6.07, 6.45) is -0.0948. The second-order valence-corrected chi connectivity index (χ2v) is 15.2. The van der Waals surface area contributed by atoms with E-state index in [4.69, 9.17) is 23.7 Å². The van der Waals surface area contributed by atoms with Gasteiger partial charge in [0.25, 0.3) is 29.5 Å². The first-order valence-electron chi connectivity index (χ1n) is 20.8. The molecule has 2 fully saturated rings. The van der Waals surface area contributed by atoms with Gasteiger partial charge in [-0.2, -0.15) is 0 Å². The minimum absolute atomic E-state index is 0.0331. The average Bonchev–Trinajstić information content (AvgIpc) is 3.92. The number of nitrogens with zero attached hydrogens (tertiary/aromatic N) is 2. The van der Waals surface area contributed by atoms with Crippen molar-refractivity contribution in [3.8, 4) is 5.75 Å². The van der Waals surface area contributed by atoms with Crippen molar-refractivity contribution in [3.05, 3.63) is 94.7 Å². The number of anilines is 1. The number of amides is 7. The zero-order chi connectivity index (χ0) is 46.1. The third kappa shape index (κ3) is 11.0. The largest absolute Gasteiger partial charge is 0.491 e. The molecule has 344 valence electrons. The lowest BCUT2D eigenvalue weighted by molar-refractivity contribution is -0.149. The zero-order valence-electron chi connectivity index (χ0n) is 35.0. The standard InChI is InChI=1S/C44H46F2N6O13/c45-28-19-26(20-29(46)23-28)25-48-42(58)44(60)7-9-51(43(44)59)30-1-4-34-27(21-30)22-35(49-34)38(54)47-8-10-61-11-12-62-13-14-63-15-16-64-17-18-65-31-2-3-32-33(24-31)41(57)52(40(32)56)36-5-6-37(53)50-39(36)55/h1-4,19-24,36,49,60H,5-18,25H2,(H,47,54)(H,48,58)(H,50,53,55)/t36?,44-/m0/s1. The fourth-order valence-corrected chi connectivity index (χ4v) is 7.47. The molecule has 0 radical (unpaired) electrons. The topological polar surface area (TPSA) is 244 Å². The number of H-pyrrole nitrogens is 1. The van der Waals surface area contributed by atoms with Gasteiger partial charge < -0.3 is 49.3 Å². The van der Waals surface area contributed by atoms with Crippen molar-refractivity contribution in [1.29, 1.82) is 0 Å². The summed E-state index contributed by atoms with van der Waals surface area (Å²) in [6.45, 7) is 2.49. The van der Waals surface area contributed by atoms with E-state index in [1.807, 2.05) is 0 Å². The van der Waals surface area contributed by atoms with Gasteiger partial charge in [0, 0.05) is 55.1 Å². The Kier molecular flexibility index (Phi) is 14.9. The summed E-state index contributed by atoms with van der Waals surface area (Å²) >= 11 is 0. The number of aromatic amines is 1. The molecule has 7 rings (SSSR count). The summed E-state index contributed by atoms with van der Waals surface area (Å²) in [6, 6.07) is 12.7. The van der Waals surface area contributed by atoms with Gasteiger partial charge in [-0.15, -0.1) is 0 Å². The molecule has 0 saturated carbocycles. The van der Waals surface area contributed by atoms with Gasteiger partial charge in [-0.25, -0.2) is 8.78 Å². The van der Waals surface area contributed by atoms with E-state index in [-0.39, 0.29) is 87.0 Å². The van der Waals surface area contributed by atoms with Crippen molar-refractivity contribution in [2.45, 2.75) is 37.5 Å². The lowest BCUT2D eigenvalue weighted by Gasteiger charge is -2.27. The Morgan fingerprint density at radius 2 is 1.43 bits per heavy atom. The molecule has 19 nitrogen and oxygen atoms in total. The quantitative estimate of drug-likeness (QED) is 0.0427. The predicted molar refractivity (Wildman–Crippen MR) is 223 cm³/mol. The summed E-state index contributed by atoms with van der Waals surface area (Å²) in [5, 5.41) is 18.9. The number of carbonyl (C=O) groups is 7. The fourth-order valence-electron chi connectivity index (χ4n) is 7.47. The number of carbonyl (C=O) groups excluding carboxylic acids is 7. The van der Waals surface area contributed by atoms with Crippen LogP contribution in [0, 0.1) is 11.6 Å². The second-order valence-electron chi connectivity index (χ2n) is 15.2. The Morgan fingerprint density at radius 3 is 2.12 bits per heavy atom. The van der Waals surface area contributed by atoms with Crippen LogP contribution in [-0.2, 0) is 44.7 Å². The van der Waals surface area contributed by atoms with Gasteiger partial charge in [0.05, 0.1) is 64.0 Å². The SMILES string of the molecule is O=C1CCC(N2C(=O)c3ccc(OCCOCCOCCOCCOCCNC(=O)c4cc5cc(N6CC[C@](O)(C(=O)NCc7cc(F)cc(F)c7)C6=O)ccc5[nH]4)cc3C2=O)C(=O)N1. The number of hydrogen-bond donors (Lipinski definition) is 5. The number of aromatic nitrogens is 1. The highest BCUT2D eigenvalue weighted by molar-refractivity contribution is 6.23. The molecule has 0 aliphatic carbocycles. The second kappa shape index (κ2) is 20.9. The molecule has 3 aliphatic rings. The van der Waals surface area contributed by atoms with Crippen molar-refractivity contribution in [1.82, 2.24) is 25.8 Å². The maximum Gasteiger partial charge on any atom is 0.268 e. The molecule has 1 aromatic heterocycles. The van der Waals surface area contributed by atoms with Crippen LogP contribution in [0.15, 0.2) is 60.7 Å². The molecule has 1 unspecified atom stereocenters. The Balaban J connectivity index is 0.707. The molecule has 4 aromatic rings. The molecule has 4 heterocycles. The minimum Gasteiger partial charge on any atom is -0.491 e. The van der Waals surface area contributed by atoms with Crippen LogP contribution in [-0.4, -0.2) is 141 Å². The molecule has 7 amide bonds. The van der Waals surface area contributed by atoms with Crippen molar-refractivity contribution < 1.29 is 71.1 Å². The van der Waals surface area contributed by atoms with Crippen LogP contribution in [0.4, 0.5) is 14.5 Å². The van der Waals surface area contributed by atoms with Crippen LogP contribution in [0.5, 0.6) is 5.75 Å². The highest BCUT2D eigenvalue weighted by Gasteiger charge is 2.52. The monoisotopic (exact) mass is 904 g/mol. The molecule has 21 heteroatoms. The highest BCUT2D eigenvalue weighted by Crippen LogP contribution is 2.32. The van der Waals surface area contributed by atoms with Gasteiger partial charge in [-0.3, -0.25) is 43.8 Å². The maximum atomic E-state index is 13.5. The lowest BCUT2D eigenvalue weighted by atomic mass is 10.0. The number of piperidine rings is 1. The molecule has 2 atom stereocenters. The van der Waals surface area contributed by atoms with Crippen LogP contribution >= 0.6 is 0 Å². The van der Waals surface area contributed by atoms with Crippen LogP contribution in [0.3, 0.4) is 0 Å². The van der Waals surface area contributed by atoms with E-state index in [2.05, 4.69) is 20.9 Å². The lowest BCUT2D eigenvalue weighted by Crippen LogP contribution is -2.54. The normalized spacial score (nSPS) is 18.4. The van der Waals surface area contributed by atoms with Gasteiger partial charge in [-0.05, 0) is 66.6 Å². The van der Waals surface area contributed by atoms with Crippen LogP contribution in [0.2, 0.25) is 0 Å². The Morgan fingerprint density at radius 1 is 0.769 bits per heavy atom. The molecule has 2 saturated heterocycles. The van der Waals surface area contributed by atoms with Crippen molar-refractivity contribution in [2.24, 2.45) is 0 Å². The number of nitrogens with one attached hydrogen (secondary N) is 4. The van der Waals surface area contributed by atoms with Crippen LogP contribution in [0.25, 0.3) is 10.9 Å². The Hall–Kier alpha value is -6.65. The number of benzene rings is 3. The number of halogens is 2. The summed E-state index contributed by atoms with van der Waals surface area (Å²) in [7, 11) is 0. The third-order valence-corrected chi connectivity index (χ3v) is 10.8. The van der Waals surface area contributed by atoms with E-state index in [1.54, 1.807) is 30.3 Å². The molecular weight excluding hydrogens is 859 g/mol. The maximum absolute atomic E-state index is 13.5. The summed E-state index contributed by atoms with van der Waals surface area (Å²) in [4.78, 5) is 93.6. The molecule has 65 heavy (non-hydrogen) atoms. The molecule has 0 spiro atoms. The number of imide groups is 2. The number of fused-ring (bicyclic) bond motifs is 2. The fraction of sp³-hybridized carbons (Fsp3) is 0.386. The highest BCUT2D eigenvalue weighted by atomic mass is 19.1. The van der Waals surface area contributed by atoms with Gasteiger partial charge in [-0.1, -0.05) is 0 Å². The molecule has 5 N–H and O–H groups in total. The third-order valence-electron chi connectivity index (χ3n) is 10.8. The molecule has 0 bridgehead atoms. The molecular formula is C44H46F2N6O13. The number of aliphatic hydroxyl groups is 1. The smallest absolute Gasteiger partial charge is 0.268 e. The number of hydrogen-bond acceptors (Lipinski definition) is 13. The predicted octanol–water partition coefficient (Wildman–Crippen LogP) is 1.51. The van der Waals surface area contributed by atoms with Crippen molar-refractivity contribution in [3.63, 3.8) is 0 Å². The van der Waals surface area contributed by atoms with Crippen LogP contribution in [0.1, 0.15) is 56.0 Å². The van der Waals surface area contributed by atoms with Crippen molar-refractivity contribution in [2.75, 3.05) is 77.5 Å². The zero-order valence-corrected chi connectivity index (χ0v) is 35.0. The summed E-state index contributed by atoms with van der Waals surface area (Å²) in [5.41, 5.74) is -0.664. The minimum atomic E-state index is -2.37. The van der Waals surface area contributed by atoms with Crippen LogP contribution < -0.4 is 25.6 Å².